The number of rotatable bonds is 3. The normalized spacial score (nSPS) is 26.1. The highest BCUT2D eigenvalue weighted by molar-refractivity contribution is 5.77. The lowest BCUT2D eigenvalue weighted by atomic mass is 9.86. The topological polar surface area (TPSA) is 46.3 Å². The first-order valence-corrected chi connectivity index (χ1v) is 6.79. The van der Waals surface area contributed by atoms with Gasteiger partial charge in [0.2, 0.25) is 5.91 Å². The maximum Gasteiger partial charge on any atom is 0.223 e. The Hall–Kier alpha value is -0.570. The summed E-state index contributed by atoms with van der Waals surface area (Å²) >= 11 is 0. The molecule has 0 saturated carbocycles. The van der Waals surface area contributed by atoms with Gasteiger partial charge in [0.25, 0.3) is 0 Å². The van der Waals surface area contributed by atoms with Gasteiger partial charge in [-0.05, 0) is 38.0 Å². The summed E-state index contributed by atoms with van der Waals surface area (Å²) in [7, 11) is 0. The number of hydrogen-bond acceptors (Lipinski definition) is 2. The molecule has 17 heavy (non-hydrogen) atoms. The first-order valence-electron chi connectivity index (χ1n) is 6.79. The number of piperidine rings is 1. The number of nitrogens with two attached hydrogens (primary N) is 1. The minimum atomic E-state index is -0.104. The van der Waals surface area contributed by atoms with Crippen LogP contribution in [0.5, 0.6) is 0 Å². The molecule has 0 aromatic rings. The Morgan fingerprint density at radius 2 is 2.00 bits per heavy atom. The smallest absolute Gasteiger partial charge is 0.223 e. The zero-order chi connectivity index (χ0) is 13.1. The first kappa shape index (κ1) is 14.5. The van der Waals surface area contributed by atoms with Gasteiger partial charge in [-0.25, -0.2) is 0 Å². The van der Waals surface area contributed by atoms with Gasteiger partial charge in [0, 0.05) is 19.5 Å². The molecule has 3 nitrogen and oxygen atoms in total. The van der Waals surface area contributed by atoms with Crippen molar-refractivity contribution < 1.29 is 4.79 Å². The Balaban J connectivity index is 2.60. The van der Waals surface area contributed by atoms with Gasteiger partial charge in [0.05, 0.1) is 5.54 Å². The van der Waals surface area contributed by atoms with Gasteiger partial charge < -0.3 is 10.6 Å². The predicted octanol–water partition coefficient (Wildman–Crippen LogP) is 2.54. The average Bonchev–Trinajstić information content (AvgIpc) is 2.25. The van der Waals surface area contributed by atoms with Crippen LogP contribution in [0.3, 0.4) is 0 Å². The molecule has 0 aliphatic carbocycles. The lowest BCUT2D eigenvalue weighted by Gasteiger charge is -2.44. The second-order valence-electron chi connectivity index (χ2n) is 6.76. The first-order chi connectivity index (χ1) is 7.78. The number of nitrogens with zero attached hydrogens (tertiary/aromatic N) is 1. The van der Waals surface area contributed by atoms with E-state index in [2.05, 4.69) is 27.7 Å². The van der Waals surface area contributed by atoms with Gasteiger partial charge in [-0.15, -0.1) is 0 Å². The molecule has 1 rings (SSSR count). The van der Waals surface area contributed by atoms with Crippen LogP contribution in [-0.2, 0) is 4.79 Å². The van der Waals surface area contributed by atoms with Crippen molar-refractivity contribution in [3.8, 4) is 0 Å². The van der Waals surface area contributed by atoms with Crippen molar-refractivity contribution in [2.45, 2.75) is 65.3 Å². The lowest BCUT2D eigenvalue weighted by molar-refractivity contribution is -0.139. The molecule has 1 aliphatic heterocycles. The van der Waals surface area contributed by atoms with E-state index in [0.29, 0.717) is 13.0 Å². The number of hydrogen-bond donors (Lipinski definition) is 1. The van der Waals surface area contributed by atoms with Gasteiger partial charge in [-0.3, -0.25) is 4.79 Å². The van der Waals surface area contributed by atoms with Crippen LogP contribution < -0.4 is 5.73 Å². The van der Waals surface area contributed by atoms with Crippen LogP contribution in [0.25, 0.3) is 0 Å². The average molecular weight is 240 g/mol. The fourth-order valence-corrected chi connectivity index (χ4v) is 2.44. The molecule has 100 valence electrons. The van der Waals surface area contributed by atoms with Gasteiger partial charge in [0.15, 0.2) is 0 Å². The second-order valence-corrected chi connectivity index (χ2v) is 6.76. The molecule has 1 unspecified atom stereocenters. The largest absolute Gasteiger partial charge is 0.336 e. The van der Waals surface area contributed by atoms with Gasteiger partial charge in [0.1, 0.15) is 0 Å². The summed E-state index contributed by atoms with van der Waals surface area (Å²) in [5, 5.41) is 0. The maximum atomic E-state index is 12.3. The maximum absolute atomic E-state index is 12.3. The Labute approximate surface area is 106 Å². The van der Waals surface area contributed by atoms with Gasteiger partial charge >= 0.3 is 0 Å². The van der Waals surface area contributed by atoms with Crippen LogP contribution in [0.15, 0.2) is 0 Å². The molecule has 1 saturated heterocycles. The Morgan fingerprint density at radius 1 is 1.35 bits per heavy atom. The molecule has 0 aromatic carbocycles. The predicted molar refractivity (Wildman–Crippen MR) is 71.7 cm³/mol. The van der Waals surface area contributed by atoms with Crippen LogP contribution in [0, 0.1) is 5.41 Å². The summed E-state index contributed by atoms with van der Waals surface area (Å²) < 4.78 is 0. The summed E-state index contributed by atoms with van der Waals surface area (Å²) in [6.07, 6.45) is 4.96. The fraction of sp³-hybridized carbons (Fsp3) is 0.929. The van der Waals surface area contributed by atoms with Gasteiger partial charge in [-0.1, -0.05) is 20.8 Å². The van der Waals surface area contributed by atoms with Gasteiger partial charge in [-0.2, -0.15) is 0 Å². The van der Waals surface area contributed by atoms with E-state index in [4.69, 9.17) is 5.73 Å². The van der Waals surface area contributed by atoms with Crippen LogP contribution in [0.4, 0.5) is 0 Å². The second kappa shape index (κ2) is 5.38. The van der Waals surface area contributed by atoms with E-state index in [-0.39, 0.29) is 16.9 Å². The summed E-state index contributed by atoms with van der Waals surface area (Å²) in [6, 6.07) is 0. The third kappa shape index (κ3) is 3.98. The highest BCUT2D eigenvalue weighted by Gasteiger charge is 2.36. The van der Waals surface area contributed by atoms with E-state index in [9.17, 15) is 4.79 Å². The summed E-state index contributed by atoms with van der Waals surface area (Å²) in [5.41, 5.74) is 5.98. The molecule has 0 bridgehead atoms. The van der Waals surface area contributed by atoms with E-state index < -0.39 is 0 Å². The van der Waals surface area contributed by atoms with Crippen molar-refractivity contribution in [1.29, 1.82) is 0 Å². The third-order valence-electron chi connectivity index (χ3n) is 3.83. The van der Waals surface area contributed by atoms with Crippen LogP contribution in [0.1, 0.15) is 59.8 Å². The fourth-order valence-electron chi connectivity index (χ4n) is 2.44. The highest BCUT2D eigenvalue weighted by Crippen LogP contribution is 2.29. The standard InChI is InChI=1S/C14H28N2O/c1-13(2,3)9-7-12(17)16-10-6-5-8-14(16,4)11-15/h5-11,15H2,1-4H3. The Kier molecular flexibility index (Phi) is 4.59. The monoisotopic (exact) mass is 240 g/mol. The Bertz CT molecular complexity index is 270. The molecule has 1 heterocycles. The molecule has 2 N–H and O–H groups in total. The molecule has 3 heteroatoms. The summed E-state index contributed by atoms with van der Waals surface area (Å²) in [6.45, 7) is 10.1. The van der Waals surface area contributed by atoms with E-state index in [1.807, 2.05) is 4.90 Å². The van der Waals surface area contributed by atoms with Crippen molar-refractivity contribution in [2.24, 2.45) is 11.1 Å². The molecular formula is C14H28N2O. The number of carbonyl (C=O) groups is 1. The quantitative estimate of drug-likeness (QED) is 0.824. The molecule has 1 fully saturated rings. The van der Waals surface area contributed by atoms with E-state index in [1.54, 1.807) is 0 Å². The molecule has 0 aromatic heterocycles. The van der Waals surface area contributed by atoms with Crippen molar-refractivity contribution in [3.05, 3.63) is 0 Å². The third-order valence-corrected chi connectivity index (χ3v) is 3.83. The number of amides is 1. The minimum absolute atomic E-state index is 0.104. The van der Waals surface area contributed by atoms with E-state index >= 15 is 0 Å². The summed E-state index contributed by atoms with van der Waals surface area (Å²) in [4.78, 5) is 14.3. The van der Waals surface area contributed by atoms with E-state index in [0.717, 1.165) is 25.8 Å². The SMILES string of the molecule is CC(C)(C)CCC(=O)N1CCCCC1(C)CN. The minimum Gasteiger partial charge on any atom is -0.336 e. The van der Waals surface area contributed by atoms with Crippen LogP contribution in [-0.4, -0.2) is 29.4 Å². The molecule has 0 radical (unpaired) electrons. The molecule has 1 amide bonds. The molecule has 1 aliphatic rings. The molecule has 1 atom stereocenters. The van der Waals surface area contributed by atoms with Crippen LogP contribution >= 0.6 is 0 Å². The Morgan fingerprint density at radius 3 is 2.53 bits per heavy atom. The van der Waals surface area contributed by atoms with Crippen molar-refractivity contribution in [1.82, 2.24) is 4.90 Å². The van der Waals surface area contributed by atoms with Crippen molar-refractivity contribution in [2.75, 3.05) is 13.1 Å². The summed E-state index contributed by atoms with van der Waals surface area (Å²) in [5.74, 6) is 0.285. The zero-order valence-electron chi connectivity index (χ0n) is 11.9. The highest BCUT2D eigenvalue weighted by atomic mass is 16.2. The van der Waals surface area contributed by atoms with Crippen LogP contribution in [0.2, 0.25) is 0 Å². The zero-order valence-corrected chi connectivity index (χ0v) is 11.9. The molecule has 0 spiro atoms. The molecular weight excluding hydrogens is 212 g/mol. The lowest BCUT2D eigenvalue weighted by Crippen LogP contribution is -2.56. The van der Waals surface area contributed by atoms with E-state index in [1.165, 1.54) is 6.42 Å². The number of likely N-dealkylation sites (tertiary alicyclic amines) is 1. The number of carbonyl (C=O) groups excluding carboxylic acids is 1. The van der Waals surface area contributed by atoms with Crippen molar-refractivity contribution >= 4 is 5.91 Å². The van der Waals surface area contributed by atoms with Crippen molar-refractivity contribution in [3.63, 3.8) is 0 Å².